The summed E-state index contributed by atoms with van der Waals surface area (Å²) in [6.07, 6.45) is 49.5. The topological polar surface area (TPSA) is 140 Å². The van der Waals surface area contributed by atoms with Crippen LogP contribution in [0, 0.1) is 0 Å². The molecule has 0 amide bonds. The summed E-state index contributed by atoms with van der Waals surface area (Å²) in [5.41, 5.74) is 0. The van der Waals surface area contributed by atoms with Gasteiger partial charge in [0.25, 0.3) is 0 Å². The van der Waals surface area contributed by atoms with Gasteiger partial charge in [-0.2, -0.15) is 0 Å². The maximum Gasteiger partial charge on any atom is 0.469 e. The van der Waals surface area contributed by atoms with Crippen molar-refractivity contribution in [3.63, 3.8) is 0 Å². The Hall–Kier alpha value is -3.33. The number of hydrogen-bond acceptors (Lipinski definition) is 7. The fourth-order valence-electron chi connectivity index (χ4n) is 4.48. The van der Waals surface area contributed by atoms with Crippen LogP contribution in [0.3, 0.4) is 0 Å². The third-order valence-corrected chi connectivity index (χ3v) is 7.78. The zero-order valence-corrected chi connectivity index (χ0v) is 33.1. The number of phosphoric acid groups is 1. The normalized spacial score (nSPS) is 14.3. The Kier molecular flexibility index (Phi) is 34.7. The summed E-state index contributed by atoms with van der Waals surface area (Å²) in [6.45, 7) is 3.00. The van der Waals surface area contributed by atoms with E-state index in [1.807, 2.05) is 31.2 Å². The molecule has 0 aromatic rings. The van der Waals surface area contributed by atoms with Crippen LogP contribution >= 0.6 is 7.82 Å². The van der Waals surface area contributed by atoms with Gasteiger partial charge in [0.05, 0.1) is 12.7 Å². The minimum atomic E-state index is -4.80. The SMILES string of the molecule is CC/C=C\C/C=C\C/C=C\C/C=C\C/C=C\CCCC(=O)OC[C@H](COP(=O)(O)O)OC(=O)CCC/C=C\C/C=C\C/C=C\C/C=C\CCC[C@H](C)O. The van der Waals surface area contributed by atoms with Crippen LogP contribution in [-0.4, -0.2) is 52.3 Å². The Morgan fingerprint density at radius 1 is 0.566 bits per heavy atom. The lowest BCUT2D eigenvalue weighted by Crippen LogP contribution is -2.29. The minimum absolute atomic E-state index is 0.105. The summed E-state index contributed by atoms with van der Waals surface area (Å²) in [7, 11) is -4.80. The molecule has 0 heterocycles. The van der Waals surface area contributed by atoms with E-state index in [4.69, 9.17) is 19.3 Å². The van der Waals surface area contributed by atoms with Gasteiger partial charge in [0.15, 0.2) is 6.10 Å². The van der Waals surface area contributed by atoms with Crippen LogP contribution in [0.4, 0.5) is 0 Å². The lowest BCUT2D eigenvalue weighted by Gasteiger charge is -2.18. The average molecular weight is 759 g/mol. The zero-order valence-electron chi connectivity index (χ0n) is 32.2. The van der Waals surface area contributed by atoms with Gasteiger partial charge in [0.1, 0.15) is 6.61 Å². The number of esters is 2. The van der Waals surface area contributed by atoms with E-state index >= 15 is 0 Å². The summed E-state index contributed by atoms with van der Waals surface area (Å²) >= 11 is 0. The molecule has 0 bridgehead atoms. The molecule has 0 aliphatic carbocycles. The number of carbonyl (C=O) groups is 2. The molecule has 298 valence electrons. The molecule has 0 spiro atoms. The number of hydrogen-bond donors (Lipinski definition) is 3. The molecule has 0 aliphatic heterocycles. The van der Waals surface area contributed by atoms with E-state index < -0.39 is 32.5 Å². The zero-order chi connectivity index (χ0) is 39.1. The van der Waals surface area contributed by atoms with E-state index in [2.05, 4.69) is 96.5 Å². The molecule has 0 fully saturated rings. The van der Waals surface area contributed by atoms with Crippen molar-refractivity contribution in [2.45, 2.75) is 135 Å². The van der Waals surface area contributed by atoms with Crippen LogP contribution in [0.15, 0.2) is 109 Å². The Morgan fingerprint density at radius 3 is 1.34 bits per heavy atom. The summed E-state index contributed by atoms with van der Waals surface area (Å²) in [4.78, 5) is 42.7. The van der Waals surface area contributed by atoms with Crippen LogP contribution < -0.4 is 0 Å². The lowest BCUT2D eigenvalue weighted by atomic mass is 10.1. The molecule has 0 rings (SSSR count). The van der Waals surface area contributed by atoms with Gasteiger partial charge in [-0.3, -0.25) is 14.1 Å². The highest BCUT2D eigenvalue weighted by Gasteiger charge is 2.22. The van der Waals surface area contributed by atoms with Gasteiger partial charge in [-0.25, -0.2) is 4.57 Å². The Balaban J connectivity index is 4.19. The van der Waals surface area contributed by atoms with Crippen LogP contribution in [0.25, 0.3) is 0 Å². The van der Waals surface area contributed by atoms with Gasteiger partial charge >= 0.3 is 19.8 Å². The summed E-state index contributed by atoms with van der Waals surface area (Å²) in [5.74, 6) is -1.05. The second-order valence-electron chi connectivity index (χ2n) is 12.4. The number of unbranched alkanes of at least 4 members (excludes halogenated alkanes) is 3. The lowest BCUT2D eigenvalue weighted by molar-refractivity contribution is -0.161. The summed E-state index contributed by atoms with van der Waals surface area (Å²) in [6, 6.07) is 0. The third kappa shape index (κ3) is 41.3. The largest absolute Gasteiger partial charge is 0.469 e. The summed E-state index contributed by atoms with van der Waals surface area (Å²) in [5, 5.41) is 9.24. The molecule has 0 radical (unpaired) electrons. The van der Waals surface area contributed by atoms with Gasteiger partial charge < -0.3 is 24.4 Å². The minimum Gasteiger partial charge on any atom is -0.462 e. The van der Waals surface area contributed by atoms with E-state index in [1.165, 1.54) is 0 Å². The standard InChI is InChI=1S/C43H67O9P/c1-3-4-5-6-7-8-9-10-11-12-15-18-21-24-27-30-33-36-42(45)50-38-41(39-51-53(47,48)49)52-43(46)37-34-31-28-25-22-19-16-13-14-17-20-23-26-29-32-35-40(2)44/h4-5,7-8,10-11,14-19,23-28,40-41,44H,3,6,9,12-13,20-22,29-39H2,1-2H3,(H2,47,48,49)/b5-4-,8-7-,11-10-,17-14-,18-15-,19-16-,26-23-,27-24-,28-25-/t40-,41+/m0/s1. The number of allylic oxidation sites excluding steroid dienone is 18. The summed E-state index contributed by atoms with van der Waals surface area (Å²) < 4.78 is 26.2. The van der Waals surface area contributed by atoms with Crippen LogP contribution in [0.2, 0.25) is 0 Å². The van der Waals surface area contributed by atoms with Crippen molar-refractivity contribution >= 4 is 19.8 Å². The highest BCUT2D eigenvalue weighted by atomic mass is 31.2. The van der Waals surface area contributed by atoms with E-state index in [-0.39, 0.29) is 25.6 Å². The molecule has 0 saturated heterocycles. The number of aliphatic hydroxyl groups excluding tert-OH is 1. The van der Waals surface area contributed by atoms with E-state index in [0.29, 0.717) is 25.7 Å². The van der Waals surface area contributed by atoms with Gasteiger partial charge in [-0.1, -0.05) is 116 Å². The number of aliphatic hydroxyl groups is 1. The molecule has 0 aliphatic rings. The third-order valence-electron chi connectivity index (χ3n) is 7.29. The van der Waals surface area contributed by atoms with Crippen LogP contribution in [0.1, 0.15) is 123 Å². The number of rotatable bonds is 33. The molecule has 3 N–H and O–H groups in total. The molecule has 0 aromatic heterocycles. The van der Waals surface area contributed by atoms with Crippen molar-refractivity contribution in [3.8, 4) is 0 Å². The van der Waals surface area contributed by atoms with Crippen molar-refractivity contribution in [1.82, 2.24) is 0 Å². The van der Waals surface area contributed by atoms with Crippen LogP contribution in [0.5, 0.6) is 0 Å². The van der Waals surface area contributed by atoms with E-state index in [1.54, 1.807) is 0 Å². The van der Waals surface area contributed by atoms with Crippen molar-refractivity contribution in [2.24, 2.45) is 0 Å². The number of phosphoric ester groups is 1. The predicted molar refractivity (Wildman–Crippen MR) is 217 cm³/mol. The Bertz CT molecular complexity index is 1230. The maximum absolute atomic E-state index is 12.4. The molecule has 2 atom stereocenters. The number of carbonyl (C=O) groups excluding carboxylic acids is 2. The first-order valence-corrected chi connectivity index (χ1v) is 20.7. The van der Waals surface area contributed by atoms with Crippen molar-refractivity contribution in [1.29, 1.82) is 0 Å². The van der Waals surface area contributed by atoms with Crippen molar-refractivity contribution < 1.29 is 43.0 Å². The first kappa shape index (κ1) is 49.7. The fraction of sp³-hybridized carbons (Fsp3) is 0.535. The molecular formula is C43H67O9P. The molecular weight excluding hydrogens is 691 g/mol. The van der Waals surface area contributed by atoms with Gasteiger partial charge in [-0.15, -0.1) is 0 Å². The second-order valence-corrected chi connectivity index (χ2v) is 13.7. The van der Waals surface area contributed by atoms with Gasteiger partial charge in [-0.05, 0) is 103 Å². The first-order valence-electron chi connectivity index (χ1n) is 19.2. The Labute approximate surface area is 319 Å². The quantitative estimate of drug-likeness (QED) is 0.0258. The fourth-order valence-corrected chi connectivity index (χ4v) is 4.84. The van der Waals surface area contributed by atoms with E-state index in [9.17, 15) is 19.3 Å². The molecule has 0 saturated carbocycles. The highest BCUT2D eigenvalue weighted by molar-refractivity contribution is 7.46. The molecule has 10 heteroatoms. The monoisotopic (exact) mass is 758 g/mol. The predicted octanol–water partition coefficient (Wildman–Crippen LogP) is 10.6. The average Bonchev–Trinajstić information content (AvgIpc) is 3.11. The van der Waals surface area contributed by atoms with Gasteiger partial charge in [0.2, 0.25) is 0 Å². The molecule has 0 aromatic carbocycles. The highest BCUT2D eigenvalue weighted by Crippen LogP contribution is 2.35. The number of ether oxygens (including phenoxy) is 2. The molecule has 53 heavy (non-hydrogen) atoms. The smallest absolute Gasteiger partial charge is 0.462 e. The van der Waals surface area contributed by atoms with Crippen molar-refractivity contribution in [2.75, 3.05) is 13.2 Å². The first-order chi connectivity index (χ1) is 25.6. The van der Waals surface area contributed by atoms with E-state index in [0.717, 1.165) is 70.6 Å². The van der Waals surface area contributed by atoms with Crippen molar-refractivity contribution in [3.05, 3.63) is 109 Å². The Morgan fingerprint density at radius 2 is 0.943 bits per heavy atom. The van der Waals surface area contributed by atoms with Gasteiger partial charge in [0, 0.05) is 12.8 Å². The molecule has 0 unspecified atom stereocenters. The van der Waals surface area contributed by atoms with Crippen LogP contribution in [-0.2, 0) is 28.2 Å². The maximum atomic E-state index is 12.4. The molecule has 9 nitrogen and oxygen atoms in total. The second kappa shape index (κ2) is 37.0.